The van der Waals surface area contributed by atoms with Gasteiger partial charge in [-0.3, -0.25) is 9.69 Å². The van der Waals surface area contributed by atoms with Crippen molar-refractivity contribution < 1.29 is 14.3 Å². The molecule has 0 fully saturated rings. The van der Waals surface area contributed by atoms with Crippen molar-refractivity contribution in [2.45, 2.75) is 12.5 Å². The Morgan fingerprint density at radius 3 is 2.53 bits per heavy atom. The molecule has 6 nitrogen and oxygen atoms in total. The quantitative estimate of drug-likeness (QED) is 0.722. The fraction of sp³-hybridized carbons (Fsp3) is 0.250. The van der Waals surface area contributed by atoms with Crippen molar-refractivity contribution in [1.82, 2.24) is 15.1 Å². The second kappa shape index (κ2) is 8.45. The van der Waals surface area contributed by atoms with E-state index in [1.54, 1.807) is 18.1 Å². The summed E-state index contributed by atoms with van der Waals surface area (Å²) in [4.78, 5) is 29.6. The molecule has 30 heavy (non-hydrogen) atoms. The van der Waals surface area contributed by atoms with Gasteiger partial charge < -0.3 is 15.0 Å². The molecule has 0 saturated heterocycles. The third-order valence-electron chi connectivity index (χ3n) is 5.57. The van der Waals surface area contributed by atoms with Gasteiger partial charge in [-0.1, -0.05) is 48.5 Å². The molecule has 3 amide bonds. The van der Waals surface area contributed by atoms with Crippen LogP contribution in [-0.2, 0) is 11.2 Å². The molecule has 2 aromatic rings. The first-order valence-corrected chi connectivity index (χ1v) is 10.0. The van der Waals surface area contributed by atoms with Crippen molar-refractivity contribution in [2.75, 3.05) is 26.7 Å². The molecule has 2 aromatic carbocycles. The highest BCUT2D eigenvalue weighted by molar-refractivity contribution is 6.01. The molecule has 0 bridgehead atoms. The Hall–Kier alpha value is -3.54. The summed E-state index contributed by atoms with van der Waals surface area (Å²) in [5, 5.41) is 2.99. The molecule has 1 unspecified atom stereocenters. The molecule has 1 atom stereocenters. The standard InChI is InChI=1S/C24H25N3O3/c1-3-14-27-20-16-26(15-13-17-7-5-4-6-8-17)23(28)21(20)22(25-24(27)29)18-9-11-19(30-2)12-10-18/h3-12,22H,1,13-16H2,2H3,(H,25,29). The highest BCUT2D eigenvalue weighted by Crippen LogP contribution is 2.36. The second-order valence-corrected chi connectivity index (χ2v) is 7.38. The van der Waals surface area contributed by atoms with E-state index in [0.29, 0.717) is 25.2 Å². The average molecular weight is 403 g/mol. The van der Waals surface area contributed by atoms with E-state index in [1.165, 1.54) is 5.56 Å². The highest BCUT2D eigenvalue weighted by atomic mass is 16.5. The average Bonchev–Trinajstić information content (AvgIpc) is 3.11. The van der Waals surface area contributed by atoms with E-state index in [2.05, 4.69) is 24.0 Å². The number of hydrogen-bond donors (Lipinski definition) is 1. The first-order chi connectivity index (χ1) is 14.6. The zero-order chi connectivity index (χ0) is 21.1. The lowest BCUT2D eigenvalue weighted by molar-refractivity contribution is -0.125. The second-order valence-electron chi connectivity index (χ2n) is 7.38. The predicted octanol–water partition coefficient (Wildman–Crippen LogP) is 3.29. The van der Waals surface area contributed by atoms with Gasteiger partial charge in [0.2, 0.25) is 0 Å². The molecule has 0 spiro atoms. The number of amides is 3. The Labute approximate surface area is 176 Å². The predicted molar refractivity (Wildman–Crippen MR) is 115 cm³/mol. The number of nitrogens with one attached hydrogen (secondary N) is 1. The summed E-state index contributed by atoms with van der Waals surface area (Å²) < 4.78 is 5.23. The van der Waals surface area contributed by atoms with E-state index < -0.39 is 6.04 Å². The Morgan fingerprint density at radius 1 is 1.13 bits per heavy atom. The minimum absolute atomic E-state index is 0.0317. The Bertz CT molecular complexity index is 983. The summed E-state index contributed by atoms with van der Waals surface area (Å²) >= 11 is 0. The SMILES string of the molecule is C=CCN1C(=O)NC(c2ccc(OC)cc2)C2=C1CN(CCc1ccccc1)C2=O. The summed E-state index contributed by atoms with van der Waals surface area (Å²) in [6.45, 7) is 5.14. The number of carbonyl (C=O) groups excluding carboxylic acids is 2. The van der Waals surface area contributed by atoms with Crippen molar-refractivity contribution in [3.63, 3.8) is 0 Å². The number of rotatable bonds is 7. The minimum atomic E-state index is -0.478. The number of carbonyl (C=O) groups is 2. The van der Waals surface area contributed by atoms with Crippen molar-refractivity contribution in [3.05, 3.63) is 89.6 Å². The van der Waals surface area contributed by atoms with Gasteiger partial charge in [0.1, 0.15) is 5.75 Å². The van der Waals surface area contributed by atoms with Crippen molar-refractivity contribution in [3.8, 4) is 5.75 Å². The topological polar surface area (TPSA) is 61.9 Å². The van der Waals surface area contributed by atoms with E-state index in [9.17, 15) is 9.59 Å². The van der Waals surface area contributed by atoms with Crippen LogP contribution in [0.4, 0.5) is 4.79 Å². The molecule has 0 radical (unpaired) electrons. The monoisotopic (exact) mass is 403 g/mol. The first-order valence-electron chi connectivity index (χ1n) is 10.0. The molecule has 2 heterocycles. The first kappa shape index (κ1) is 19.8. The summed E-state index contributed by atoms with van der Waals surface area (Å²) in [6.07, 6.45) is 2.44. The molecular weight excluding hydrogens is 378 g/mol. The minimum Gasteiger partial charge on any atom is -0.497 e. The molecular formula is C24H25N3O3. The lowest BCUT2D eigenvalue weighted by atomic mass is 9.95. The van der Waals surface area contributed by atoms with Crippen LogP contribution in [0.5, 0.6) is 5.75 Å². The normalized spacial score (nSPS) is 18.4. The Morgan fingerprint density at radius 2 is 1.87 bits per heavy atom. The van der Waals surface area contributed by atoms with Gasteiger partial charge in [-0.2, -0.15) is 0 Å². The number of hydrogen-bond acceptors (Lipinski definition) is 3. The third-order valence-corrected chi connectivity index (χ3v) is 5.57. The van der Waals surface area contributed by atoms with Crippen molar-refractivity contribution in [1.29, 1.82) is 0 Å². The van der Waals surface area contributed by atoms with Crippen molar-refractivity contribution in [2.24, 2.45) is 0 Å². The van der Waals surface area contributed by atoms with E-state index in [1.807, 2.05) is 47.4 Å². The number of benzene rings is 2. The molecule has 0 saturated carbocycles. The van der Waals surface area contributed by atoms with Gasteiger partial charge in [0.05, 0.1) is 31.0 Å². The van der Waals surface area contributed by atoms with Gasteiger partial charge in [0, 0.05) is 13.1 Å². The van der Waals surface area contributed by atoms with Crippen LogP contribution in [0.25, 0.3) is 0 Å². The lowest BCUT2D eigenvalue weighted by Gasteiger charge is -2.33. The summed E-state index contributed by atoms with van der Waals surface area (Å²) in [5.41, 5.74) is 3.43. The highest BCUT2D eigenvalue weighted by Gasteiger charge is 2.43. The zero-order valence-corrected chi connectivity index (χ0v) is 17.0. The van der Waals surface area contributed by atoms with Crippen LogP contribution < -0.4 is 10.1 Å². The van der Waals surface area contributed by atoms with Gasteiger partial charge >= 0.3 is 6.03 Å². The zero-order valence-electron chi connectivity index (χ0n) is 17.0. The van der Waals surface area contributed by atoms with Crippen LogP contribution in [0, 0.1) is 0 Å². The third kappa shape index (κ3) is 3.68. The maximum atomic E-state index is 13.4. The smallest absolute Gasteiger partial charge is 0.322 e. The molecule has 1 N–H and O–H groups in total. The number of urea groups is 1. The summed E-state index contributed by atoms with van der Waals surface area (Å²) in [5.74, 6) is 0.696. The summed E-state index contributed by atoms with van der Waals surface area (Å²) in [7, 11) is 1.61. The molecule has 0 aliphatic carbocycles. The van der Waals surface area contributed by atoms with Crippen LogP contribution in [-0.4, -0.2) is 48.5 Å². The fourth-order valence-corrected chi connectivity index (χ4v) is 4.01. The van der Waals surface area contributed by atoms with E-state index in [4.69, 9.17) is 4.74 Å². The van der Waals surface area contributed by atoms with Gasteiger partial charge in [0.25, 0.3) is 5.91 Å². The van der Waals surface area contributed by atoms with Crippen LogP contribution >= 0.6 is 0 Å². The molecule has 2 aliphatic heterocycles. The van der Waals surface area contributed by atoms with E-state index in [-0.39, 0.29) is 11.9 Å². The molecule has 2 aliphatic rings. The van der Waals surface area contributed by atoms with Gasteiger partial charge in [0.15, 0.2) is 0 Å². The molecule has 6 heteroatoms. The summed E-state index contributed by atoms with van der Waals surface area (Å²) in [6, 6.07) is 16.8. The Kier molecular flexibility index (Phi) is 5.57. The fourth-order valence-electron chi connectivity index (χ4n) is 4.01. The maximum Gasteiger partial charge on any atom is 0.322 e. The van der Waals surface area contributed by atoms with Gasteiger partial charge in [-0.15, -0.1) is 6.58 Å². The van der Waals surface area contributed by atoms with E-state index >= 15 is 0 Å². The van der Waals surface area contributed by atoms with Crippen LogP contribution in [0.15, 0.2) is 78.5 Å². The molecule has 154 valence electrons. The van der Waals surface area contributed by atoms with Crippen LogP contribution in [0.3, 0.4) is 0 Å². The van der Waals surface area contributed by atoms with Gasteiger partial charge in [-0.05, 0) is 29.7 Å². The van der Waals surface area contributed by atoms with E-state index in [0.717, 1.165) is 23.4 Å². The number of nitrogens with zero attached hydrogens (tertiary/aromatic N) is 2. The molecule has 0 aromatic heterocycles. The van der Waals surface area contributed by atoms with Gasteiger partial charge in [-0.25, -0.2) is 4.79 Å². The maximum absolute atomic E-state index is 13.4. The molecule has 4 rings (SSSR count). The van der Waals surface area contributed by atoms with Crippen molar-refractivity contribution >= 4 is 11.9 Å². The van der Waals surface area contributed by atoms with Crippen LogP contribution in [0.2, 0.25) is 0 Å². The Balaban J connectivity index is 1.62. The lowest BCUT2D eigenvalue weighted by Crippen LogP contribution is -2.47. The number of ether oxygens (including phenoxy) is 1. The largest absolute Gasteiger partial charge is 0.497 e. The van der Waals surface area contributed by atoms with Crippen LogP contribution in [0.1, 0.15) is 17.2 Å². The number of methoxy groups -OCH3 is 1.